The molecule has 0 saturated heterocycles. The van der Waals surface area contributed by atoms with E-state index in [1.54, 1.807) is 29.9 Å². The first kappa shape index (κ1) is 13.2. The third kappa shape index (κ3) is 3.07. The van der Waals surface area contributed by atoms with Crippen LogP contribution in [0.3, 0.4) is 0 Å². The van der Waals surface area contributed by atoms with Crippen LogP contribution in [0.25, 0.3) is 0 Å². The van der Waals surface area contributed by atoms with E-state index in [2.05, 4.69) is 10.1 Å². The molecule has 0 unspecified atom stereocenters. The molecule has 1 rings (SSSR count). The van der Waals surface area contributed by atoms with Gasteiger partial charge < -0.3 is 19.7 Å². The van der Waals surface area contributed by atoms with Gasteiger partial charge in [0.25, 0.3) is 5.91 Å². The van der Waals surface area contributed by atoms with Gasteiger partial charge in [-0.3, -0.25) is 4.79 Å². The van der Waals surface area contributed by atoms with Gasteiger partial charge in [0.1, 0.15) is 5.69 Å². The van der Waals surface area contributed by atoms with E-state index in [4.69, 9.17) is 0 Å². The number of methoxy groups -OCH3 is 1. The van der Waals surface area contributed by atoms with Crippen LogP contribution in [0.5, 0.6) is 0 Å². The molecule has 0 aliphatic heterocycles. The lowest BCUT2D eigenvalue weighted by atomic mass is 10.2. The first-order valence-corrected chi connectivity index (χ1v) is 5.15. The summed E-state index contributed by atoms with van der Waals surface area (Å²) in [5, 5.41) is 11.8. The Morgan fingerprint density at radius 3 is 2.59 bits per heavy atom. The topological polar surface area (TPSA) is 80.6 Å². The van der Waals surface area contributed by atoms with Crippen molar-refractivity contribution in [2.24, 2.45) is 7.05 Å². The van der Waals surface area contributed by atoms with Crippen molar-refractivity contribution < 1.29 is 19.4 Å². The number of esters is 1. The number of carbonyl (C=O) groups is 2. The molecule has 0 saturated carbocycles. The molecule has 0 radical (unpaired) electrons. The van der Waals surface area contributed by atoms with Gasteiger partial charge in [0, 0.05) is 13.2 Å². The average Bonchev–Trinajstić information content (AvgIpc) is 2.70. The van der Waals surface area contributed by atoms with Crippen molar-refractivity contribution in [2.75, 3.05) is 7.11 Å². The van der Waals surface area contributed by atoms with E-state index in [9.17, 15) is 14.7 Å². The first-order valence-electron chi connectivity index (χ1n) is 5.15. The van der Waals surface area contributed by atoms with Gasteiger partial charge in [-0.05, 0) is 19.1 Å². The molecule has 0 spiro atoms. The van der Waals surface area contributed by atoms with E-state index in [-0.39, 0.29) is 0 Å². The standard InChI is InChI=1S/C11H16N2O4/c1-7(14)9(11(16)17-3)12-10(15)8-5-4-6-13(8)2/h4-7,9,14H,1-3H3,(H,12,15)/t7-,9+/m0/s1. The lowest BCUT2D eigenvalue weighted by Gasteiger charge is -2.18. The fourth-order valence-electron chi connectivity index (χ4n) is 1.42. The molecule has 0 aliphatic carbocycles. The van der Waals surface area contributed by atoms with Crippen molar-refractivity contribution in [3.8, 4) is 0 Å². The number of rotatable bonds is 4. The molecule has 0 aromatic carbocycles. The number of hydrogen-bond acceptors (Lipinski definition) is 4. The Bertz CT molecular complexity index is 411. The highest BCUT2D eigenvalue weighted by molar-refractivity contribution is 5.95. The molecule has 1 amide bonds. The number of hydrogen-bond donors (Lipinski definition) is 2. The Morgan fingerprint density at radius 1 is 1.53 bits per heavy atom. The van der Waals surface area contributed by atoms with Crippen LogP contribution in [0.4, 0.5) is 0 Å². The van der Waals surface area contributed by atoms with Gasteiger partial charge in [0.2, 0.25) is 0 Å². The molecule has 1 aromatic rings. The second-order valence-corrected chi connectivity index (χ2v) is 3.72. The number of nitrogens with one attached hydrogen (secondary N) is 1. The van der Waals surface area contributed by atoms with E-state index < -0.39 is 24.0 Å². The van der Waals surface area contributed by atoms with Crippen LogP contribution in [0.1, 0.15) is 17.4 Å². The summed E-state index contributed by atoms with van der Waals surface area (Å²) in [6.45, 7) is 1.41. The second kappa shape index (κ2) is 5.49. The second-order valence-electron chi connectivity index (χ2n) is 3.72. The highest BCUT2D eigenvalue weighted by Gasteiger charge is 2.27. The minimum absolute atomic E-state index is 0.402. The molecule has 1 aromatic heterocycles. The summed E-state index contributed by atoms with van der Waals surface area (Å²) in [6.07, 6.45) is 0.691. The van der Waals surface area contributed by atoms with Crippen LogP contribution in [0.2, 0.25) is 0 Å². The fraction of sp³-hybridized carbons (Fsp3) is 0.455. The third-order valence-electron chi connectivity index (χ3n) is 2.40. The van der Waals surface area contributed by atoms with Crippen molar-refractivity contribution in [1.82, 2.24) is 9.88 Å². The molecule has 2 atom stereocenters. The number of aromatic nitrogens is 1. The molecule has 17 heavy (non-hydrogen) atoms. The number of aliphatic hydroxyl groups is 1. The zero-order valence-electron chi connectivity index (χ0n) is 10.0. The first-order chi connectivity index (χ1) is 7.97. The van der Waals surface area contributed by atoms with Crippen molar-refractivity contribution in [1.29, 1.82) is 0 Å². The Kier molecular flexibility index (Phi) is 4.28. The molecule has 6 nitrogen and oxygen atoms in total. The minimum Gasteiger partial charge on any atom is -0.467 e. The molecule has 0 bridgehead atoms. The molecular formula is C11H16N2O4. The number of aliphatic hydroxyl groups excluding tert-OH is 1. The largest absolute Gasteiger partial charge is 0.467 e. The van der Waals surface area contributed by atoms with Gasteiger partial charge >= 0.3 is 5.97 Å². The Morgan fingerprint density at radius 2 is 2.18 bits per heavy atom. The Balaban J connectivity index is 2.78. The predicted molar refractivity (Wildman–Crippen MR) is 60.4 cm³/mol. The molecule has 6 heteroatoms. The number of amides is 1. The zero-order chi connectivity index (χ0) is 13.0. The smallest absolute Gasteiger partial charge is 0.331 e. The van der Waals surface area contributed by atoms with Gasteiger partial charge in [-0.25, -0.2) is 4.79 Å². The lowest BCUT2D eigenvalue weighted by Crippen LogP contribution is -2.48. The van der Waals surface area contributed by atoms with Crippen LogP contribution in [0, 0.1) is 0 Å². The van der Waals surface area contributed by atoms with E-state index in [1.165, 1.54) is 14.0 Å². The van der Waals surface area contributed by atoms with Gasteiger partial charge in [-0.2, -0.15) is 0 Å². The lowest BCUT2D eigenvalue weighted by molar-refractivity contribution is -0.145. The normalized spacial score (nSPS) is 13.9. The monoisotopic (exact) mass is 240 g/mol. The van der Waals surface area contributed by atoms with Crippen molar-refractivity contribution in [3.05, 3.63) is 24.0 Å². The third-order valence-corrected chi connectivity index (χ3v) is 2.40. The van der Waals surface area contributed by atoms with Gasteiger partial charge in [0.05, 0.1) is 13.2 Å². The number of aryl methyl sites for hydroxylation is 1. The summed E-state index contributed by atoms with van der Waals surface area (Å²) in [4.78, 5) is 23.2. The van der Waals surface area contributed by atoms with Crippen LogP contribution in [-0.2, 0) is 16.6 Å². The molecule has 1 heterocycles. The average molecular weight is 240 g/mol. The SMILES string of the molecule is COC(=O)[C@H](NC(=O)c1cccn1C)[C@H](C)O. The molecule has 0 aliphatic rings. The fourth-order valence-corrected chi connectivity index (χ4v) is 1.42. The highest BCUT2D eigenvalue weighted by Crippen LogP contribution is 2.02. The van der Waals surface area contributed by atoms with E-state index >= 15 is 0 Å². The Labute approximate surface area is 99.2 Å². The van der Waals surface area contributed by atoms with Gasteiger partial charge in [-0.1, -0.05) is 0 Å². The Hall–Kier alpha value is -1.82. The predicted octanol–water partition coefficient (Wildman–Crippen LogP) is -0.323. The molecular weight excluding hydrogens is 224 g/mol. The summed E-state index contributed by atoms with van der Waals surface area (Å²) in [6, 6.07) is 2.26. The maximum absolute atomic E-state index is 11.8. The van der Waals surface area contributed by atoms with E-state index in [1.807, 2.05) is 0 Å². The number of nitrogens with zero attached hydrogens (tertiary/aromatic N) is 1. The van der Waals surface area contributed by atoms with Gasteiger partial charge in [0.15, 0.2) is 6.04 Å². The maximum atomic E-state index is 11.8. The van der Waals surface area contributed by atoms with Crippen molar-refractivity contribution in [2.45, 2.75) is 19.1 Å². The quantitative estimate of drug-likeness (QED) is 0.707. The van der Waals surface area contributed by atoms with Crippen LogP contribution in [-0.4, -0.2) is 40.8 Å². The van der Waals surface area contributed by atoms with E-state index in [0.717, 1.165) is 0 Å². The summed E-state index contributed by atoms with van der Waals surface area (Å²) >= 11 is 0. The molecule has 2 N–H and O–H groups in total. The van der Waals surface area contributed by atoms with Crippen molar-refractivity contribution in [3.63, 3.8) is 0 Å². The van der Waals surface area contributed by atoms with Gasteiger partial charge in [-0.15, -0.1) is 0 Å². The van der Waals surface area contributed by atoms with E-state index in [0.29, 0.717) is 5.69 Å². The van der Waals surface area contributed by atoms with Crippen molar-refractivity contribution >= 4 is 11.9 Å². The minimum atomic E-state index is -1.07. The van der Waals surface area contributed by atoms with Crippen LogP contribution in [0.15, 0.2) is 18.3 Å². The molecule has 94 valence electrons. The maximum Gasteiger partial charge on any atom is 0.331 e. The summed E-state index contributed by atoms with van der Waals surface area (Å²) in [5.74, 6) is -1.11. The summed E-state index contributed by atoms with van der Waals surface area (Å²) < 4.78 is 6.12. The number of carbonyl (C=O) groups excluding carboxylic acids is 2. The summed E-state index contributed by atoms with van der Waals surface area (Å²) in [5.41, 5.74) is 0.402. The zero-order valence-corrected chi connectivity index (χ0v) is 10.0. The van der Waals surface area contributed by atoms with Crippen LogP contribution < -0.4 is 5.32 Å². The highest BCUT2D eigenvalue weighted by atomic mass is 16.5. The summed E-state index contributed by atoms with van der Waals surface area (Å²) in [7, 11) is 2.91. The molecule has 0 fully saturated rings. The van der Waals surface area contributed by atoms with Crippen LogP contribution >= 0.6 is 0 Å². The number of ether oxygens (including phenoxy) is 1.